The molecule has 2 aromatic rings. The minimum absolute atomic E-state index is 0.115. The van der Waals surface area contributed by atoms with E-state index < -0.39 is 22.0 Å². The van der Waals surface area contributed by atoms with E-state index in [0.717, 1.165) is 14.2 Å². The molecule has 26 heavy (non-hydrogen) atoms. The van der Waals surface area contributed by atoms with E-state index in [9.17, 15) is 22.3 Å². The van der Waals surface area contributed by atoms with Gasteiger partial charge < -0.3 is 5.11 Å². The second-order valence-corrected chi connectivity index (χ2v) is 8.45. The summed E-state index contributed by atoms with van der Waals surface area (Å²) in [5.74, 6) is -3.55. The van der Waals surface area contributed by atoms with Gasteiger partial charge in [-0.2, -0.15) is 8.42 Å². The number of aliphatic hydroxyl groups excluding tert-OH is 1. The van der Waals surface area contributed by atoms with Gasteiger partial charge in [-0.3, -0.25) is 0 Å². The molecule has 9 heteroatoms. The fraction of sp³-hybridized carbons (Fsp3) is 0.353. The highest BCUT2D eigenvalue weighted by atomic mass is 32.2. The van der Waals surface area contributed by atoms with Crippen molar-refractivity contribution >= 4 is 21.7 Å². The Labute approximate surface area is 149 Å². The van der Waals surface area contributed by atoms with E-state index in [1.54, 1.807) is 36.4 Å². The van der Waals surface area contributed by atoms with Gasteiger partial charge in [-0.05, 0) is 23.8 Å². The molecule has 0 spiro atoms. The van der Waals surface area contributed by atoms with Crippen LogP contribution in [0.4, 0.5) is 20.3 Å². The second kappa shape index (κ2) is 5.62. The molecule has 1 aromatic heterocycles. The standard InChI is InChI=1S/C17H17F2N3O3S/c1-21-16-15(22(26(21,24)25)9-13-8-17(13,18)19)6-5-14(20-16)12-4-2-3-11(7-12)10-23/h2-7,13,23H,8-10H2,1H3. The Balaban J connectivity index is 1.73. The van der Waals surface area contributed by atoms with Crippen molar-refractivity contribution in [3.63, 3.8) is 0 Å². The first-order valence-corrected chi connectivity index (χ1v) is 9.49. The van der Waals surface area contributed by atoms with E-state index in [4.69, 9.17) is 0 Å². The molecule has 1 N–H and O–H groups in total. The Morgan fingerprint density at radius 2 is 2.04 bits per heavy atom. The third-order valence-corrected chi connectivity index (χ3v) is 6.56. The lowest BCUT2D eigenvalue weighted by atomic mass is 10.1. The van der Waals surface area contributed by atoms with E-state index in [-0.39, 0.29) is 25.4 Å². The van der Waals surface area contributed by atoms with E-state index >= 15 is 0 Å². The van der Waals surface area contributed by atoms with Crippen LogP contribution in [0.15, 0.2) is 36.4 Å². The lowest BCUT2D eigenvalue weighted by Gasteiger charge is -2.18. The topological polar surface area (TPSA) is 73.7 Å². The van der Waals surface area contributed by atoms with Crippen LogP contribution in [0.25, 0.3) is 11.3 Å². The number of hydrogen-bond acceptors (Lipinski definition) is 4. The Morgan fingerprint density at radius 1 is 1.31 bits per heavy atom. The van der Waals surface area contributed by atoms with Crippen molar-refractivity contribution in [1.82, 2.24) is 4.98 Å². The van der Waals surface area contributed by atoms with E-state index in [1.165, 1.54) is 7.05 Å². The molecule has 1 aromatic carbocycles. The first-order chi connectivity index (χ1) is 12.2. The van der Waals surface area contributed by atoms with Crippen molar-refractivity contribution in [3.05, 3.63) is 42.0 Å². The van der Waals surface area contributed by atoms with Crippen molar-refractivity contribution in [3.8, 4) is 11.3 Å². The van der Waals surface area contributed by atoms with Crippen molar-refractivity contribution < 1.29 is 22.3 Å². The van der Waals surface area contributed by atoms with Gasteiger partial charge in [-0.15, -0.1) is 0 Å². The van der Waals surface area contributed by atoms with Crippen LogP contribution >= 0.6 is 0 Å². The number of halogens is 2. The first-order valence-electron chi connectivity index (χ1n) is 8.09. The van der Waals surface area contributed by atoms with E-state index in [0.29, 0.717) is 16.9 Å². The number of anilines is 2. The van der Waals surface area contributed by atoms with Gasteiger partial charge in [0.15, 0.2) is 5.82 Å². The summed E-state index contributed by atoms with van der Waals surface area (Å²) >= 11 is 0. The fourth-order valence-corrected chi connectivity index (χ4v) is 4.51. The average molecular weight is 381 g/mol. The molecule has 0 saturated heterocycles. The van der Waals surface area contributed by atoms with Crippen LogP contribution in [-0.4, -0.2) is 38.0 Å². The lowest BCUT2D eigenvalue weighted by molar-refractivity contribution is 0.101. The van der Waals surface area contributed by atoms with Crippen molar-refractivity contribution in [2.24, 2.45) is 5.92 Å². The summed E-state index contributed by atoms with van der Waals surface area (Å²) in [7, 11) is -2.55. The Bertz CT molecular complexity index is 981. The zero-order chi connectivity index (χ0) is 18.7. The van der Waals surface area contributed by atoms with Gasteiger partial charge in [0, 0.05) is 31.5 Å². The molecule has 138 valence electrons. The average Bonchev–Trinajstić information content (AvgIpc) is 3.19. The van der Waals surface area contributed by atoms with Crippen LogP contribution in [0.5, 0.6) is 0 Å². The molecule has 4 rings (SSSR count). The molecule has 2 aliphatic rings. The number of benzene rings is 1. The van der Waals surface area contributed by atoms with Crippen LogP contribution in [-0.2, 0) is 16.8 Å². The molecule has 1 saturated carbocycles. The summed E-state index contributed by atoms with van der Waals surface area (Å²) in [6, 6.07) is 10.4. The number of aliphatic hydroxyl groups is 1. The predicted octanol–water partition coefficient (Wildman–Crippen LogP) is 2.40. The smallest absolute Gasteiger partial charge is 0.327 e. The SMILES string of the molecule is CN1c2nc(-c3cccc(CO)c3)ccc2N(CC2CC2(F)F)S1(=O)=O. The molecule has 1 aliphatic carbocycles. The highest BCUT2D eigenvalue weighted by Crippen LogP contribution is 2.51. The summed E-state index contributed by atoms with van der Waals surface area (Å²) < 4.78 is 53.8. The van der Waals surface area contributed by atoms with Gasteiger partial charge in [-0.25, -0.2) is 22.4 Å². The summed E-state index contributed by atoms with van der Waals surface area (Å²) in [6.07, 6.45) is -0.294. The molecule has 6 nitrogen and oxygen atoms in total. The quantitative estimate of drug-likeness (QED) is 0.883. The van der Waals surface area contributed by atoms with Gasteiger partial charge in [0.2, 0.25) is 0 Å². The van der Waals surface area contributed by atoms with Crippen LogP contribution < -0.4 is 8.61 Å². The van der Waals surface area contributed by atoms with Crippen LogP contribution in [0.2, 0.25) is 0 Å². The Hall–Kier alpha value is -2.26. The molecule has 1 aliphatic heterocycles. The Kier molecular flexibility index (Phi) is 3.71. The maximum Gasteiger partial charge on any atom is 0.327 e. The first kappa shape index (κ1) is 17.2. The van der Waals surface area contributed by atoms with Crippen molar-refractivity contribution in [2.75, 3.05) is 22.2 Å². The Morgan fingerprint density at radius 3 is 2.69 bits per heavy atom. The summed E-state index contributed by atoms with van der Waals surface area (Å²) in [5, 5.41) is 9.27. The minimum Gasteiger partial charge on any atom is -0.392 e. The zero-order valence-corrected chi connectivity index (χ0v) is 14.7. The van der Waals surface area contributed by atoms with Crippen LogP contribution in [0.3, 0.4) is 0 Å². The molecule has 0 amide bonds. The normalized spacial score (nSPS) is 22.4. The van der Waals surface area contributed by atoms with Crippen LogP contribution in [0, 0.1) is 5.92 Å². The number of rotatable bonds is 4. The maximum atomic E-state index is 13.3. The number of nitrogens with zero attached hydrogens (tertiary/aromatic N) is 3. The summed E-state index contributed by atoms with van der Waals surface area (Å²) in [4.78, 5) is 4.43. The predicted molar refractivity (Wildman–Crippen MR) is 93.3 cm³/mol. The third kappa shape index (κ3) is 2.62. The highest BCUT2D eigenvalue weighted by Gasteiger charge is 2.59. The van der Waals surface area contributed by atoms with E-state index in [1.807, 2.05) is 0 Å². The second-order valence-electron chi connectivity index (χ2n) is 6.57. The minimum atomic E-state index is -3.91. The number of fused-ring (bicyclic) bond motifs is 1. The molecular weight excluding hydrogens is 364 g/mol. The number of alkyl halides is 2. The number of aromatic nitrogens is 1. The van der Waals surface area contributed by atoms with Gasteiger partial charge in [0.1, 0.15) is 0 Å². The van der Waals surface area contributed by atoms with Gasteiger partial charge >= 0.3 is 10.2 Å². The van der Waals surface area contributed by atoms with Gasteiger partial charge in [-0.1, -0.05) is 18.2 Å². The summed E-state index contributed by atoms with van der Waals surface area (Å²) in [6.45, 7) is -0.371. The van der Waals surface area contributed by atoms with Crippen LogP contribution in [0.1, 0.15) is 12.0 Å². The largest absolute Gasteiger partial charge is 0.392 e. The molecule has 2 heterocycles. The summed E-state index contributed by atoms with van der Waals surface area (Å²) in [5.41, 5.74) is 2.29. The number of hydrogen-bond donors (Lipinski definition) is 1. The fourth-order valence-electron chi connectivity index (χ4n) is 3.10. The monoisotopic (exact) mass is 381 g/mol. The zero-order valence-electron chi connectivity index (χ0n) is 13.9. The van der Waals surface area contributed by atoms with E-state index in [2.05, 4.69) is 4.98 Å². The number of pyridine rings is 1. The molecule has 1 fully saturated rings. The van der Waals surface area contributed by atoms with Crippen molar-refractivity contribution in [1.29, 1.82) is 0 Å². The van der Waals surface area contributed by atoms with Gasteiger partial charge in [0.05, 0.1) is 18.0 Å². The molecule has 0 radical (unpaired) electrons. The van der Waals surface area contributed by atoms with Gasteiger partial charge in [0.25, 0.3) is 5.92 Å². The molecular formula is C17H17F2N3O3S. The third-order valence-electron chi connectivity index (χ3n) is 4.79. The molecule has 0 bridgehead atoms. The van der Waals surface area contributed by atoms with Crippen molar-refractivity contribution in [2.45, 2.75) is 19.0 Å². The lowest BCUT2D eigenvalue weighted by Crippen LogP contribution is -2.37. The highest BCUT2D eigenvalue weighted by molar-refractivity contribution is 7.94. The maximum absolute atomic E-state index is 13.3. The molecule has 1 atom stereocenters. The molecule has 1 unspecified atom stereocenters.